The first kappa shape index (κ1) is 18.6. The van der Waals surface area contributed by atoms with Gasteiger partial charge in [0.05, 0.1) is 0 Å². The lowest BCUT2D eigenvalue weighted by Crippen LogP contribution is -2.11. The molecule has 9 nitrogen and oxygen atoms in total. The number of hydrogen-bond acceptors (Lipinski definition) is 7. The quantitative estimate of drug-likeness (QED) is 0.334. The number of carbonyl (C=O) groups excluding carboxylic acids is 2. The van der Waals surface area contributed by atoms with Crippen molar-refractivity contribution in [1.29, 1.82) is 0 Å². The molecule has 1 aromatic heterocycles. The first-order valence-electron chi connectivity index (χ1n) is 6.39. The van der Waals surface area contributed by atoms with Crippen molar-refractivity contribution in [3.8, 4) is 0 Å². The molecule has 24 heavy (non-hydrogen) atoms. The topological polar surface area (TPSA) is 162 Å². The SMILES string of the molecule is Cc1nc(C)c(/C(O)=C/C(=O)C(=O)O)cc1/C(O)=C/C(=O)C(=O)O. The summed E-state index contributed by atoms with van der Waals surface area (Å²) in [6, 6.07) is 1.15. The van der Waals surface area contributed by atoms with Crippen LogP contribution in [0.1, 0.15) is 22.5 Å². The molecule has 1 rings (SSSR count). The third kappa shape index (κ3) is 4.26. The zero-order chi connectivity index (χ0) is 18.6. The molecule has 0 saturated heterocycles. The molecule has 0 amide bonds. The van der Waals surface area contributed by atoms with E-state index in [1.54, 1.807) is 0 Å². The summed E-state index contributed by atoms with van der Waals surface area (Å²) in [5.74, 6) is -7.68. The van der Waals surface area contributed by atoms with Gasteiger partial charge >= 0.3 is 11.9 Å². The maximum atomic E-state index is 11.1. The predicted octanol–water partition coefficient (Wildman–Crippen LogP) is 0.804. The van der Waals surface area contributed by atoms with E-state index in [1.165, 1.54) is 13.8 Å². The number of rotatable bonds is 6. The van der Waals surface area contributed by atoms with Gasteiger partial charge in [-0.05, 0) is 19.9 Å². The molecule has 0 fully saturated rings. The molecule has 0 atom stereocenters. The highest BCUT2D eigenvalue weighted by molar-refractivity contribution is 6.39. The lowest BCUT2D eigenvalue weighted by atomic mass is 10.0. The number of carboxylic acid groups (broad SMARTS) is 2. The minimum absolute atomic E-state index is 0.0621. The fourth-order valence-electron chi connectivity index (χ4n) is 1.77. The van der Waals surface area contributed by atoms with Gasteiger partial charge in [-0.2, -0.15) is 0 Å². The van der Waals surface area contributed by atoms with E-state index in [9.17, 15) is 29.4 Å². The zero-order valence-corrected chi connectivity index (χ0v) is 12.6. The summed E-state index contributed by atoms with van der Waals surface area (Å²) in [5.41, 5.74) is 0.321. The predicted molar refractivity (Wildman–Crippen MR) is 80.2 cm³/mol. The molecule has 0 aliphatic carbocycles. The lowest BCUT2D eigenvalue weighted by molar-refractivity contribution is -0.146. The Morgan fingerprint density at radius 2 is 1.12 bits per heavy atom. The van der Waals surface area contributed by atoms with Gasteiger partial charge in [0, 0.05) is 34.7 Å². The fraction of sp³-hybridized carbons (Fsp3) is 0.133. The van der Waals surface area contributed by atoms with Crippen molar-refractivity contribution in [2.24, 2.45) is 0 Å². The molecule has 0 saturated carbocycles. The Morgan fingerprint density at radius 1 is 0.792 bits per heavy atom. The number of ketones is 2. The van der Waals surface area contributed by atoms with Crippen molar-refractivity contribution in [2.45, 2.75) is 13.8 Å². The number of nitrogens with zero attached hydrogens (tertiary/aromatic N) is 1. The fourth-order valence-corrected chi connectivity index (χ4v) is 1.77. The minimum atomic E-state index is -1.77. The Hall–Kier alpha value is -3.49. The molecule has 0 radical (unpaired) electrons. The smallest absolute Gasteiger partial charge is 0.376 e. The number of aliphatic hydroxyl groups is 2. The Balaban J connectivity index is 3.42. The van der Waals surface area contributed by atoms with E-state index in [0.29, 0.717) is 12.2 Å². The van der Waals surface area contributed by atoms with Gasteiger partial charge in [-0.25, -0.2) is 9.59 Å². The third-order valence-corrected chi connectivity index (χ3v) is 2.91. The van der Waals surface area contributed by atoms with Gasteiger partial charge in [-0.1, -0.05) is 0 Å². The summed E-state index contributed by atoms with van der Waals surface area (Å²) in [6.45, 7) is 2.93. The molecule has 0 spiro atoms. The van der Waals surface area contributed by atoms with Gasteiger partial charge < -0.3 is 20.4 Å². The highest BCUT2D eigenvalue weighted by Crippen LogP contribution is 2.23. The summed E-state index contributed by atoms with van der Waals surface area (Å²) >= 11 is 0. The van der Waals surface area contributed by atoms with E-state index in [4.69, 9.17) is 10.2 Å². The van der Waals surface area contributed by atoms with E-state index >= 15 is 0 Å². The summed E-state index contributed by atoms with van der Waals surface area (Å²) in [7, 11) is 0. The van der Waals surface area contributed by atoms with Crippen LogP contribution in [0.2, 0.25) is 0 Å². The van der Waals surface area contributed by atoms with Gasteiger partial charge in [-0.3, -0.25) is 14.6 Å². The van der Waals surface area contributed by atoms with Crippen LogP contribution >= 0.6 is 0 Å². The van der Waals surface area contributed by atoms with Crippen molar-refractivity contribution in [3.05, 3.63) is 40.7 Å². The number of carboxylic acids is 2. The normalized spacial score (nSPS) is 11.9. The summed E-state index contributed by atoms with van der Waals surface area (Å²) < 4.78 is 0. The summed E-state index contributed by atoms with van der Waals surface area (Å²) in [6.07, 6.45) is 0.934. The van der Waals surface area contributed by atoms with E-state index in [2.05, 4.69) is 4.98 Å². The lowest BCUT2D eigenvalue weighted by Gasteiger charge is -2.10. The molecule has 0 aromatic carbocycles. The number of carbonyl (C=O) groups is 4. The maximum Gasteiger partial charge on any atom is 0.376 e. The number of aliphatic hydroxyl groups excluding tert-OH is 2. The molecule has 0 aliphatic heterocycles. The maximum absolute atomic E-state index is 11.1. The Bertz CT molecular complexity index is 741. The molecule has 0 aliphatic rings. The van der Waals surface area contributed by atoms with Crippen LogP contribution < -0.4 is 0 Å². The van der Waals surface area contributed by atoms with Crippen LogP contribution in [0.5, 0.6) is 0 Å². The monoisotopic (exact) mass is 335 g/mol. The van der Waals surface area contributed by atoms with Gasteiger partial charge in [0.25, 0.3) is 11.6 Å². The second-order valence-corrected chi connectivity index (χ2v) is 4.65. The molecule has 1 aromatic rings. The van der Waals surface area contributed by atoms with Crippen molar-refractivity contribution in [1.82, 2.24) is 4.98 Å². The Morgan fingerprint density at radius 3 is 1.42 bits per heavy atom. The third-order valence-electron chi connectivity index (χ3n) is 2.91. The average Bonchev–Trinajstić information content (AvgIpc) is 2.46. The molecule has 0 unspecified atom stereocenters. The number of pyridine rings is 1. The largest absolute Gasteiger partial charge is 0.507 e. The Kier molecular flexibility index (Phi) is 5.55. The number of aryl methyl sites for hydroxylation is 2. The standard InChI is InChI=1S/C15H13NO8/c1-6-8(10(17)4-12(19)14(21)22)3-9(7(2)16-6)11(18)5-13(20)15(23)24/h3-5,17-18H,1-2H3,(H,21,22)(H,23,24)/b10-4-,11-5-. The minimum Gasteiger partial charge on any atom is -0.507 e. The number of aliphatic carboxylic acids is 2. The number of aromatic nitrogens is 1. The van der Waals surface area contributed by atoms with Gasteiger partial charge in [0.1, 0.15) is 11.5 Å². The second-order valence-electron chi connectivity index (χ2n) is 4.65. The van der Waals surface area contributed by atoms with Crippen LogP contribution in [0.15, 0.2) is 18.2 Å². The van der Waals surface area contributed by atoms with Crippen LogP contribution in [-0.4, -0.2) is 48.9 Å². The van der Waals surface area contributed by atoms with Crippen molar-refractivity contribution < 1.29 is 39.6 Å². The molecule has 0 bridgehead atoms. The van der Waals surface area contributed by atoms with Crippen molar-refractivity contribution in [2.75, 3.05) is 0 Å². The molecular weight excluding hydrogens is 322 g/mol. The zero-order valence-electron chi connectivity index (χ0n) is 12.6. The van der Waals surface area contributed by atoms with Crippen LogP contribution in [0.25, 0.3) is 11.5 Å². The molecule has 1 heterocycles. The van der Waals surface area contributed by atoms with Crippen LogP contribution in [0, 0.1) is 13.8 Å². The highest BCUT2D eigenvalue weighted by atomic mass is 16.4. The average molecular weight is 335 g/mol. The van der Waals surface area contributed by atoms with Crippen LogP contribution in [0.4, 0.5) is 0 Å². The second kappa shape index (κ2) is 7.18. The van der Waals surface area contributed by atoms with E-state index < -0.39 is 35.0 Å². The van der Waals surface area contributed by atoms with E-state index in [-0.39, 0.29) is 22.5 Å². The van der Waals surface area contributed by atoms with Crippen LogP contribution in [0.3, 0.4) is 0 Å². The summed E-state index contributed by atoms with van der Waals surface area (Å²) in [4.78, 5) is 47.2. The van der Waals surface area contributed by atoms with Crippen LogP contribution in [-0.2, 0) is 19.2 Å². The summed E-state index contributed by atoms with van der Waals surface area (Å²) in [5, 5.41) is 36.8. The molecule has 4 N–H and O–H groups in total. The first-order chi connectivity index (χ1) is 11.0. The van der Waals surface area contributed by atoms with Gasteiger partial charge in [-0.15, -0.1) is 0 Å². The van der Waals surface area contributed by atoms with Gasteiger partial charge in [0.2, 0.25) is 0 Å². The van der Waals surface area contributed by atoms with Crippen molar-refractivity contribution in [3.63, 3.8) is 0 Å². The van der Waals surface area contributed by atoms with Crippen molar-refractivity contribution >= 4 is 35.0 Å². The van der Waals surface area contributed by atoms with E-state index in [0.717, 1.165) is 6.07 Å². The highest BCUT2D eigenvalue weighted by Gasteiger charge is 2.17. The molecule has 126 valence electrons. The Labute approximate surface area is 135 Å². The van der Waals surface area contributed by atoms with Gasteiger partial charge in [0.15, 0.2) is 0 Å². The molecule has 9 heteroatoms. The van der Waals surface area contributed by atoms with E-state index in [1.807, 2.05) is 0 Å². The first-order valence-corrected chi connectivity index (χ1v) is 6.39. The number of hydrogen-bond donors (Lipinski definition) is 4. The molecular formula is C15H13NO8.